The first-order chi connectivity index (χ1) is 8.54. The van der Waals surface area contributed by atoms with E-state index in [0.29, 0.717) is 11.6 Å². The SMILES string of the molecule is Cc1nsc(Sc2ccc(N)c(OC(C)C)n2)n1. The average molecular weight is 282 g/mol. The van der Waals surface area contributed by atoms with Gasteiger partial charge in [-0.3, -0.25) is 0 Å². The lowest BCUT2D eigenvalue weighted by atomic mass is 10.4. The van der Waals surface area contributed by atoms with Crippen molar-refractivity contribution in [1.82, 2.24) is 14.3 Å². The molecule has 2 aromatic heterocycles. The zero-order valence-corrected chi connectivity index (χ0v) is 12.0. The number of aromatic nitrogens is 3. The topological polar surface area (TPSA) is 73.9 Å². The summed E-state index contributed by atoms with van der Waals surface area (Å²) in [5, 5.41) is 0.802. The van der Waals surface area contributed by atoms with Gasteiger partial charge in [0.2, 0.25) is 5.88 Å². The molecule has 0 amide bonds. The van der Waals surface area contributed by atoms with Crippen LogP contribution in [0.3, 0.4) is 0 Å². The van der Waals surface area contributed by atoms with Crippen LogP contribution in [0.1, 0.15) is 19.7 Å². The quantitative estimate of drug-likeness (QED) is 0.929. The van der Waals surface area contributed by atoms with E-state index in [4.69, 9.17) is 10.5 Å². The van der Waals surface area contributed by atoms with Crippen molar-refractivity contribution in [2.45, 2.75) is 36.2 Å². The van der Waals surface area contributed by atoms with Crippen molar-refractivity contribution < 1.29 is 4.74 Å². The largest absolute Gasteiger partial charge is 0.473 e. The lowest BCUT2D eigenvalue weighted by Gasteiger charge is -2.11. The molecular formula is C11H14N4OS2. The van der Waals surface area contributed by atoms with Crippen LogP contribution in [0.2, 0.25) is 0 Å². The fraction of sp³-hybridized carbons (Fsp3) is 0.364. The number of hydrogen-bond donors (Lipinski definition) is 1. The van der Waals surface area contributed by atoms with Crippen molar-refractivity contribution in [3.63, 3.8) is 0 Å². The van der Waals surface area contributed by atoms with E-state index in [0.717, 1.165) is 15.2 Å². The maximum absolute atomic E-state index is 5.81. The highest BCUT2D eigenvalue weighted by molar-refractivity contribution is 8.00. The van der Waals surface area contributed by atoms with Gasteiger partial charge < -0.3 is 10.5 Å². The molecule has 0 radical (unpaired) electrons. The first-order valence-corrected chi connectivity index (χ1v) is 7.05. The lowest BCUT2D eigenvalue weighted by Crippen LogP contribution is -2.09. The van der Waals surface area contributed by atoms with E-state index in [1.165, 1.54) is 23.3 Å². The molecule has 2 aromatic rings. The van der Waals surface area contributed by atoms with Crippen LogP contribution in [-0.2, 0) is 0 Å². The molecule has 2 heterocycles. The fourth-order valence-corrected chi connectivity index (χ4v) is 2.78. The maximum atomic E-state index is 5.81. The number of nitrogens with zero attached hydrogens (tertiary/aromatic N) is 3. The zero-order chi connectivity index (χ0) is 13.1. The standard InChI is InChI=1S/C11H14N4OS2/c1-6(2)16-10-8(12)4-5-9(14-10)17-11-13-7(3)15-18-11/h4-6H,12H2,1-3H3. The first kappa shape index (κ1) is 13.1. The molecule has 96 valence electrons. The number of rotatable bonds is 4. The van der Waals surface area contributed by atoms with E-state index in [9.17, 15) is 0 Å². The van der Waals surface area contributed by atoms with Crippen molar-refractivity contribution in [3.8, 4) is 5.88 Å². The molecule has 0 unspecified atom stereocenters. The van der Waals surface area contributed by atoms with Gasteiger partial charge in [0.25, 0.3) is 0 Å². The Bertz CT molecular complexity index is 542. The Kier molecular flexibility index (Phi) is 4.03. The molecule has 0 aliphatic rings. The summed E-state index contributed by atoms with van der Waals surface area (Å²) in [4.78, 5) is 8.65. The average Bonchev–Trinajstić information content (AvgIpc) is 2.68. The van der Waals surface area contributed by atoms with E-state index in [1.54, 1.807) is 6.07 Å². The Labute approximate surface area is 114 Å². The number of hydrogen-bond acceptors (Lipinski definition) is 7. The predicted molar refractivity (Wildman–Crippen MR) is 73.2 cm³/mol. The predicted octanol–water partition coefficient (Wildman–Crippen LogP) is 2.76. The summed E-state index contributed by atoms with van der Waals surface area (Å²) in [7, 11) is 0. The molecule has 0 atom stereocenters. The van der Waals surface area contributed by atoms with Gasteiger partial charge in [0, 0.05) is 0 Å². The number of nitrogens with two attached hydrogens (primary N) is 1. The molecule has 2 N–H and O–H groups in total. The van der Waals surface area contributed by atoms with Gasteiger partial charge in [-0.2, -0.15) is 4.37 Å². The van der Waals surface area contributed by atoms with Crippen LogP contribution in [0.4, 0.5) is 5.69 Å². The summed E-state index contributed by atoms with van der Waals surface area (Å²) in [6, 6.07) is 3.64. The highest BCUT2D eigenvalue weighted by atomic mass is 32.2. The zero-order valence-electron chi connectivity index (χ0n) is 10.4. The molecule has 5 nitrogen and oxygen atoms in total. The fourth-order valence-electron chi connectivity index (χ4n) is 1.22. The van der Waals surface area contributed by atoms with Gasteiger partial charge in [-0.25, -0.2) is 9.97 Å². The summed E-state index contributed by atoms with van der Waals surface area (Å²) < 4.78 is 10.5. The second kappa shape index (κ2) is 5.53. The van der Waals surface area contributed by atoms with Crippen molar-refractivity contribution in [2.24, 2.45) is 0 Å². The molecule has 2 rings (SSSR count). The molecule has 0 spiro atoms. The van der Waals surface area contributed by atoms with E-state index >= 15 is 0 Å². The van der Waals surface area contributed by atoms with Gasteiger partial charge in [0.05, 0.1) is 11.8 Å². The minimum absolute atomic E-state index is 0.0452. The molecule has 0 saturated heterocycles. The monoisotopic (exact) mass is 282 g/mol. The van der Waals surface area contributed by atoms with Crippen LogP contribution in [0.5, 0.6) is 5.88 Å². The van der Waals surface area contributed by atoms with Crippen molar-refractivity contribution in [3.05, 3.63) is 18.0 Å². The normalized spacial score (nSPS) is 10.9. The van der Waals surface area contributed by atoms with Crippen LogP contribution >= 0.6 is 23.3 Å². The first-order valence-electron chi connectivity index (χ1n) is 5.46. The van der Waals surface area contributed by atoms with Crippen molar-refractivity contribution >= 4 is 29.0 Å². The summed E-state index contributed by atoms with van der Waals surface area (Å²) >= 11 is 2.81. The summed E-state index contributed by atoms with van der Waals surface area (Å²) in [6.45, 7) is 5.74. The molecule has 0 fully saturated rings. The molecule has 0 aliphatic carbocycles. The summed E-state index contributed by atoms with van der Waals surface area (Å²) in [5.74, 6) is 1.24. The number of pyridine rings is 1. The number of anilines is 1. The smallest absolute Gasteiger partial charge is 0.238 e. The summed E-state index contributed by atoms with van der Waals surface area (Å²) in [5.41, 5.74) is 6.36. The highest BCUT2D eigenvalue weighted by Crippen LogP contribution is 2.30. The van der Waals surface area contributed by atoms with Crippen LogP contribution < -0.4 is 10.5 Å². The Balaban J connectivity index is 2.18. The van der Waals surface area contributed by atoms with Gasteiger partial charge >= 0.3 is 0 Å². The van der Waals surface area contributed by atoms with Crippen LogP contribution in [0, 0.1) is 6.92 Å². The van der Waals surface area contributed by atoms with Gasteiger partial charge in [-0.05, 0) is 56.2 Å². The molecular weight excluding hydrogens is 268 g/mol. The molecule has 0 aromatic carbocycles. The van der Waals surface area contributed by atoms with Crippen LogP contribution in [-0.4, -0.2) is 20.4 Å². The maximum Gasteiger partial charge on any atom is 0.238 e. The summed E-state index contributed by atoms with van der Waals surface area (Å²) in [6.07, 6.45) is 0.0452. The van der Waals surface area contributed by atoms with Gasteiger partial charge in [-0.1, -0.05) is 0 Å². The van der Waals surface area contributed by atoms with Crippen LogP contribution in [0.25, 0.3) is 0 Å². The van der Waals surface area contributed by atoms with Crippen LogP contribution in [0.15, 0.2) is 21.5 Å². The van der Waals surface area contributed by atoms with E-state index in [1.807, 2.05) is 26.8 Å². The van der Waals surface area contributed by atoms with E-state index in [2.05, 4.69) is 14.3 Å². The number of ether oxygens (including phenoxy) is 1. The Morgan fingerprint density at radius 2 is 2.11 bits per heavy atom. The second-order valence-electron chi connectivity index (χ2n) is 3.92. The van der Waals surface area contributed by atoms with Crippen molar-refractivity contribution in [1.29, 1.82) is 0 Å². The van der Waals surface area contributed by atoms with Gasteiger partial charge in [-0.15, -0.1) is 0 Å². The lowest BCUT2D eigenvalue weighted by molar-refractivity contribution is 0.232. The Morgan fingerprint density at radius 3 is 2.72 bits per heavy atom. The van der Waals surface area contributed by atoms with Crippen molar-refractivity contribution in [2.75, 3.05) is 5.73 Å². The number of aryl methyl sites for hydroxylation is 1. The Hall–Kier alpha value is -1.34. The molecule has 0 bridgehead atoms. The second-order valence-corrected chi connectivity index (χ2v) is 5.94. The molecule has 0 saturated carbocycles. The molecule has 18 heavy (non-hydrogen) atoms. The van der Waals surface area contributed by atoms with Gasteiger partial charge in [0.1, 0.15) is 10.9 Å². The minimum Gasteiger partial charge on any atom is -0.473 e. The third-order valence-electron chi connectivity index (χ3n) is 1.91. The van der Waals surface area contributed by atoms with E-state index < -0.39 is 0 Å². The highest BCUT2D eigenvalue weighted by Gasteiger charge is 2.09. The van der Waals surface area contributed by atoms with Gasteiger partial charge in [0.15, 0.2) is 4.34 Å². The third kappa shape index (κ3) is 3.33. The molecule has 7 heteroatoms. The number of nitrogen functional groups attached to an aromatic ring is 1. The van der Waals surface area contributed by atoms with E-state index in [-0.39, 0.29) is 6.10 Å². The third-order valence-corrected chi connectivity index (χ3v) is 3.69. The minimum atomic E-state index is 0.0452. The Morgan fingerprint density at radius 1 is 1.33 bits per heavy atom. The molecule has 0 aliphatic heterocycles.